The maximum atomic E-state index is 5.37. The monoisotopic (exact) mass is 361 g/mol. The van der Waals surface area contributed by atoms with Crippen LogP contribution in [-0.4, -0.2) is 48.6 Å². The number of hydrogen-bond acceptors (Lipinski definition) is 4. The molecule has 7 nitrogen and oxygen atoms in total. The fourth-order valence-corrected chi connectivity index (χ4v) is 2.86. The van der Waals surface area contributed by atoms with E-state index in [0.717, 1.165) is 36.8 Å². The molecule has 0 aliphatic carbocycles. The topological polar surface area (TPSA) is 76.6 Å². The Morgan fingerprint density at radius 2 is 2.23 bits per heavy atom. The number of guanidine groups is 1. The molecule has 1 atom stereocenters. The number of aromatic nitrogens is 2. The molecule has 0 fully saturated rings. The van der Waals surface area contributed by atoms with E-state index in [-0.39, 0.29) is 6.04 Å². The van der Waals surface area contributed by atoms with Crippen LogP contribution in [0.25, 0.3) is 0 Å². The first kappa shape index (κ1) is 20.0. The van der Waals surface area contributed by atoms with Gasteiger partial charge in [-0.25, -0.2) is 0 Å². The predicted octanol–water partition coefficient (Wildman–Crippen LogP) is 1.99. The van der Waals surface area contributed by atoms with E-state index in [9.17, 15) is 0 Å². The summed E-state index contributed by atoms with van der Waals surface area (Å²) in [5.74, 6) is 1.75. The molecule has 0 radical (unpaired) electrons. The maximum Gasteiger partial charge on any atom is 0.191 e. The Labute approximate surface area is 155 Å². The van der Waals surface area contributed by atoms with Crippen LogP contribution in [0, 0.1) is 13.8 Å². The van der Waals surface area contributed by atoms with Gasteiger partial charge in [-0.1, -0.05) is 0 Å². The molecule has 0 aliphatic rings. The zero-order valence-corrected chi connectivity index (χ0v) is 16.5. The first-order valence-electron chi connectivity index (χ1n) is 9.06. The van der Waals surface area contributed by atoms with Gasteiger partial charge in [0.15, 0.2) is 5.96 Å². The van der Waals surface area contributed by atoms with E-state index in [1.165, 1.54) is 11.3 Å². The van der Waals surface area contributed by atoms with Crippen LogP contribution in [0.3, 0.4) is 0 Å². The Bertz CT molecular complexity index is 691. The van der Waals surface area contributed by atoms with E-state index < -0.39 is 0 Å². The van der Waals surface area contributed by atoms with E-state index in [1.807, 2.05) is 23.9 Å². The van der Waals surface area contributed by atoms with Gasteiger partial charge in [-0.15, -0.1) is 0 Å². The second-order valence-corrected chi connectivity index (χ2v) is 6.50. The lowest BCUT2D eigenvalue weighted by Crippen LogP contribution is -2.44. The molecule has 7 heteroatoms. The summed E-state index contributed by atoms with van der Waals surface area (Å²) in [4.78, 5) is 4.58. The smallest absolute Gasteiger partial charge is 0.191 e. The van der Waals surface area contributed by atoms with Crippen molar-refractivity contribution in [3.05, 3.63) is 41.1 Å². The van der Waals surface area contributed by atoms with Crippen molar-refractivity contribution in [1.82, 2.24) is 20.4 Å². The van der Waals surface area contributed by atoms with Crippen molar-refractivity contribution in [1.29, 1.82) is 0 Å². The highest BCUT2D eigenvalue weighted by Crippen LogP contribution is 2.14. The van der Waals surface area contributed by atoms with Gasteiger partial charge in [0.2, 0.25) is 0 Å². The summed E-state index contributed by atoms with van der Waals surface area (Å²) in [6, 6.07) is 4.11. The normalized spacial score (nSPS) is 13.0. The van der Waals surface area contributed by atoms with Crippen molar-refractivity contribution in [3.8, 4) is 0 Å². The number of methoxy groups -OCH3 is 1. The molecule has 0 aliphatic heterocycles. The maximum absolute atomic E-state index is 5.37. The van der Waals surface area contributed by atoms with Crippen LogP contribution in [-0.2, 0) is 24.6 Å². The Morgan fingerprint density at radius 1 is 1.42 bits per heavy atom. The lowest BCUT2D eigenvalue weighted by atomic mass is 10.1. The van der Waals surface area contributed by atoms with Gasteiger partial charge >= 0.3 is 0 Å². The van der Waals surface area contributed by atoms with Crippen molar-refractivity contribution in [2.45, 2.75) is 39.7 Å². The summed E-state index contributed by atoms with van der Waals surface area (Å²) < 4.78 is 12.4. The zero-order valence-electron chi connectivity index (χ0n) is 16.5. The molecule has 2 N–H and O–H groups in total. The molecular weight excluding hydrogens is 330 g/mol. The van der Waals surface area contributed by atoms with E-state index >= 15 is 0 Å². The van der Waals surface area contributed by atoms with Crippen molar-refractivity contribution in [2.24, 2.45) is 12.0 Å². The van der Waals surface area contributed by atoms with Gasteiger partial charge in [-0.2, -0.15) is 5.10 Å². The third kappa shape index (κ3) is 5.91. The number of aliphatic imine (C=N–C) groups is 1. The fourth-order valence-electron chi connectivity index (χ4n) is 2.86. The summed E-state index contributed by atoms with van der Waals surface area (Å²) in [7, 11) is 3.67. The zero-order chi connectivity index (χ0) is 18.9. The summed E-state index contributed by atoms with van der Waals surface area (Å²) >= 11 is 0. The first-order chi connectivity index (χ1) is 12.5. The molecule has 0 spiro atoms. The summed E-state index contributed by atoms with van der Waals surface area (Å²) in [6.45, 7) is 8.29. The largest absolute Gasteiger partial charge is 0.469 e. The van der Waals surface area contributed by atoms with Gasteiger partial charge in [-0.05, 0) is 44.9 Å². The van der Waals surface area contributed by atoms with Gasteiger partial charge in [0.25, 0.3) is 0 Å². The van der Waals surface area contributed by atoms with Gasteiger partial charge in [-0.3, -0.25) is 9.67 Å². The summed E-state index contributed by atoms with van der Waals surface area (Å²) in [6.07, 6.45) is 3.41. The molecule has 26 heavy (non-hydrogen) atoms. The Morgan fingerprint density at radius 3 is 2.85 bits per heavy atom. The average Bonchev–Trinajstić information content (AvgIpc) is 3.19. The van der Waals surface area contributed by atoms with Gasteiger partial charge in [0, 0.05) is 38.9 Å². The van der Waals surface area contributed by atoms with Crippen molar-refractivity contribution < 1.29 is 9.15 Å². The van der Waals surface area contributed by atoms with Crippen LogP contribution in [0.15, 0.2) is 27.8 Å². The highest BCUT2D eigenvalue weighted by atomic mass is 16.5. The number of hydrogen-bond donors (Lipinski definition) is 2. The Kier molecular flexibility index (Phi) is 7.72. The Hall–Kier alpha value is -2.28. The minimum absolute atomic E-state index is 0.231. The molecule has 144 valence electrons. The molecule has 2 aromatic heterocycles. The van der Waals surface area contributed by atoms with E-state index in [0.29, 0.717) is 13.2 Å². The van der Waals surface area contributed by atoms with Crippen LogP contribution in [0.1, 0.15) is 29.6 Å². The lowest BCUT2D eigenvalue weighted by Gasteiger charge is -2.18. The number of aryl methyl sites for hydroxylation is 2. The molecule has 2 aromatic rings. The molecule has 0 amide bonds. The third-order valence-electron chi connectivity index (χ3n) is 4.36. The quantitative estimate of drug-likeness (QED) is 0.406. The van der Waals surface area contributed by atoms with Crippen LogP contribution in [0.5, 0.6) is 0 Å². The van der Waals surface area contributed by atoms with Gasteiger partial charge in [0.1, 0.15) is 5.76 Å². The predicted molar refractivity (Wildman–Crippen MR) is 104 cm³/mol. The second-order valence-electron chi connectivity index (χ2n) is 6.50. The molecule has 0 saturated carbocycles. The van der Waals surface area contributed by atoms with E-state index in [2.05, 4.69) is 41.5 Å². The molecular formula is C19H31N5O2. The number of furan rings is 1. The number of nitrogens with one attached hydrogen (secondary N) is 2. The second kappa shape index (κ2) is 10.0. The number of ether oxygens (including phenoxy) is 1. The number of rotatable bonds is 9. The summed E-state index contributed by atoms with van der Waals surface area (Å²) in [5.41, 5.74) is 3.58. The minimum atomic E-state index is 0.231. The minimum Gasteiger partial charge on any atom is -0.469 e. The van der Waals surface area contributed by atoms with Crippen LogP contribution >= 0.6 is 0 Å². The van der Waals surface area contributed by atoms with Gasteiger partial charge in [0.05, 0.1) is 25.1 Å². The molecule has 2 heterocycles. The SMILES string of the molecule is COCCN=C(NCCc1ccco1)NC(C)Cc1c(C)nn(C)c1C. The van der Waals surface area contributed by atoms with Crippen LogP contribution in [0.2, 0.25) is 0 Å². The number of nitrogens with zero attached hydrogens (tertiary/aromatic N) is 3. The van der Waals surface area contributed by atoms with Crippen molar-refractivity contribution in [3.63, 3.8) is 0 Å². The average molecular weight is 361 g/mol. The van der Waals surface area contributed by atoms with Crippen molar-refractivity contribution >= 4 is 5.96 Å². The van der Waals surface area contributed by atoms with Crippen molar-refractivity contribution in [2.75, 3.05) is 26.8 Å². The lowest BCUT2D eigenvalue weighted by molar-refractivity contribution is 0.208. The highest BCUT2D eigenvalue weighted by Gasteiger charge is 2.14. The molecule has 0 saturated heterocycles. The van der Waals surface area contributed by atoms with Gasteiger partial charge < -0.3 is 19.8 Å². The molecule has 0 aromatic carbocycles. The highest BCUT2D eigenvalue weighted by molar-refractivity contribution is 5.80. The first-order valence-corrected chi connectivity index (χ1v) is 9.06. The summed E-state index contributed by atoms with van der Waals surface area (Å²) in [5, 5.41) is 11.4. The molecule has 2 rings (SSSR count). The van der Waals surface area contributed by atoms with Crippen LogP contribution in [0.4, 0.5) is 0 Å². The third-order valence-corrected chi connectivity index (χ3v) is 4.36. The standard InChI is InChI=1S/C19H31N5O2/c1-14(13-18-15(2)23-24(4)16(18)3)22-19(21-10-12-25-5)20-9-8-17-7-6-11-26-17/h6-7,11,14H,8-10,12-13H2,1-5H3,(H2,20,21,22). The van der Waals surface area contributed by atoms with E-state index in [1.54, 1.807) is 13.4 Å². The fraction of sp³-hybridized carbons (Fsp3) is 0.579. The van der Waals surface area contributed by atoms with Crippen LogP contribution < -0.4 is 10.6 Å². The molecule has 1 unspecified atom stereocenters. The van der Waals surface area contributed by atoms with E-state index in [4.69, 9.17) is 9.15 Å². The molecule has 0 bridgehead atoms. The Balaban J connectivity index is 1.92.